The van der Waals surface area contributed by atoms with Crippen molar-refractivity contribution in [2.45, 2.75) is 13.3 Å². The third kappa shape index (κ3) is 6.92. The van der Waals surface area contributed by atoms with E-state index >= 15 is 0 Å². The Labute approximate surface area is 200 Å². The second-order valence-corrected chi connectivity index (χ2v) is 7.80. The molecule has 0 aromatic heterocycles. The number of carbonyl (C=O) groups excluding carboxylic acids is 2. The maximum Gasteiger partial charge on any atom is 0.343 e. The number of ether oxygens (including phenoxy) is 3. The van der Waals surface area contributed by atoms with Crippen LogP contribution in [0.4, 0.5) is 0 Å². The van der Waals surface area contributed by atoms with Crippen LogP contribution < -0.4 is 19.6 Å². The zero-order valence-electron chi connectivity index (χ0n) is 18.2. The largest absolute Gasteiger partial charge is 0.494 e. The standard InChI is InChI=1S/C25H23BrN2O5/c1-3-13-32-21-10-8-18(9-11-21)24(29)28-27-16-17-7-12-22(23(14-17)31-2)33-25(30)19-5-4-6-20(26)15-19/h4-12,14-16H,3,13H2,1-2H3,(H,28,29). The van der Waals surface area contributed by atoms with Crippen molar-refractivity contribution in [2.75, 3.05) is 13.7 Å². The summed E-state index contributed by atoms with van der Waals surface area (Å²) in [5.41, 5.74) is 4.00. The fourth-order valence-electron chi connectivity index (χ4n) is 2.78. The number of hydrogen-bond donors (Lipinski definition) is 1. The summed E-state index contributed by atoms with van der Waals surface area (Å²) in [4.78, 5) is 24.7. The lowest BCUT2D eigenvalue weighted by molar-refractivity contribution is 0.0729. The van der Waals surface area contributed by atoms with Gasteiger partial charge in [0.1, 0.15) is 5.75 Å². The summed E-state index contributed by atoms with van der Waals surface area (Å²) >= 11 is 3.33. The Morgan fingerprint density at radius 3 is 2.48 bits per heavy atom. The first-order valence-electron chi connectivity index (χ1n) is 10.2. The normalized spacial score (nSPS) is 10.6. The van der Waals surface area contributed by atoms with Crippen LogP contribution in [0.25, 0.3) is 0 Å². The first kappa shape index (κ1) is 24.0. The lowest BCUT2D eigenvalue weighted by Gasteiger charge is -2.10. The molecule has 3 aromatic carbocycles. The molecule has 0 bridgehead atoms. The van der Waals surface area contributed by atoms with Gasteiger partial charge in [0.05, 0.1) is 25.5 Å². The molecule has 8 heteroatoms. The molecule has 1 amide bonds. The molecule has 7 nitrogen and oxygen atoms in total. The number of nitrogens with zero attached hydrogens (tertiary/aromatic N) is 1. The Hall–Kier alpha value is -3.65. The number of methoxy groups -OCH3 is 1. The van der Waals surface area contributed by atoms with Crippen molar-refractivity contribution >= 4 is 34.0 Å². The van der Waals surface area contributed by atoms with Gasteiger partial charge < -0.3 is 14.2 Å². The van der Waals surface area contributed by atoms with E-state index in [9.17, 15) is 9.59 Å². The molecule has 1 N–H and O–H groups in total. The summed E-state index contributed by atoms with van der Waals surface area (Å²) in [7, 11) is 1.47. The first-order chi connectivity index (χ1) is 16.0. The Balaban J connectivity index is 1.62. The minimum atomic E-state index is -0.505. The van der Waals surface area contributed by atoms with Crippen molar-refractivity contribution in [3.05, 3.63) is 87.9 Å². The van der Waals surface area contributed by atoms with E-state index in [4.69, 9.17) is 14.2 Å². The highest BCUT2D eigenvalue weighted by Gasteiger charge is 2.13. The molecule has 0 atom stereocenters. The molecule has 0 aliphatic rings. The molecule has 0 unspecified atom stereocenters. The Morgan fingerprint density at radius 2 is 1.79 bits per heavy atom. The van der Waals surface area contributed by atoms with Gasteiger partial charge in [-0.2, -0.15) is 5.10 Å². The molecule has 0 aliphatic heterocycles. The lowest BCUT2D eigenvalue weighted by atomic mass is 10.2. The summed E-state index contributed by atoms with van der Waals surface area (Å²) in [5.74, 6) is 0.490. The van der Waals surface area contributed by atoms with Gasteiger partial charge in [-0.1, -0.05) is 28.9 Å². The van der Waals surface area contributed by atoms with E-state index in [1.54, 1.807) is 60.7 Å². The van der Waals surface area contributed by atoms with Crippen LogP contribution in [-0.2, 0) is 0 Å². The zero-order chi connectivity index (χ0) is 23.6. The van der Waals surface area contributed by atoms with Crippen molar-refractivity contribution < 1.29 is 23.8 Å². The van der Waals surface area contributed by atoms with Gasteiger partial charge in [0, 0.05) is 10.0 Å². The van der Waals surface area contributed by atoms with Crippen LogP contribution in [0.5, 0.6) is 17.2 Å². The van der Waals surface area contributed by atoms with Gasteiger partial charge in [0.15, 0.2) is 11.5 Å². The fourth-order valence-corrected chi connectivity index (χ4v) is 3.17. The number of halogens is 1. The van der Waals surface area contributed by atoms with Gasteiger partial charge in [-0.05, 0) is 72.6 Å². The highest BCUT2D eigenvalue weighted by molar-refractivity contribution is 9.10. The Morgan fingerprint density at radius 1 is 1.00 bits per heavy atom. The van der Waals surface area contributed by atoms with Crippen molar-refractivity contribution in [3.63, 3.8) is 0 Å². The fraction of sp³-hybridized carbons (Fsp3) is 0.160. The molecule has 0 aliphatic carbocycles. The van der Waals surface area contributed by atoms with Crippen molar-refractivity contribution in [2.24, 2.45) is 5.10 Å². The van der Waals surface area contributed by atoms with Gasteiger partial charge in [0.2, 0.25) is 0 Å². The third-order valence-corrected chi connectivity index (χ3v) is 4.91. The maximum absolute atomic E-state index is 12.4. The summed E-state index contributed by atoms with van der Waals surface area (Å²) in [6.07, 6.45) is 2.38. The van der Waals surface area contributed by atoms with Crippen LogP contribution >= 0.6 is 15.9 Å². The SMILES string of the molecule is CCCOc1ccc(C(=O)NN=Cc2ccc(OC(=O)c3cccc(Br)c3)c(OC)c2)cc1. The molecule has 0 heterocycles. The molecular formula is C25H23BrN2O5. The Kier molecular flexibility index (Phi) is 8.60. The number of benzene rings is 3. The number of nitrogens with one attached hydrogen (secondary N) is 1. The minimum absolute atomic E-state index is 0.272. The van der Waals surface area contributed by atoms with E-state index < -0.39 is 5.97 Å². The van der Waals surface area contributed by atoms with Gasteiger partial charge >= 0.3 is 5.97 Å². The maximum atomic E-state index is 12.4. The van der Waals surface area contributed by atoms with E-state index in [0.717, 1.165) is 10.9 Å². The lowest BCUT2D eigenvalue weighted by Crippen LogP contribution is -2.17. The average Bonchev–Trinajstić information content (AvgIpc) is 2.83. The van der Waals surface area contributed by atoms with Crippen molar-refractivity contribution in [1.29, 1.82) is 0 Å². The number of esters is 1. The van der Waals surface area contributed by atoms with Crippen LogP contribution in [0.3, 0.4) is 0 Å². The van der Waals surface area contributed by atoms with Crippen LogP contribution in [0, 0.1) is 0 Å². The second-order valence-electron chi connectivity index (χ2n) is 6.88. The van der Waals surface area contributed by atoms with E-state index in [-0.39, 0.29) is 11.7 Å². The highest BCUT2D eigenvalue weighted by atomic mass is 79.9. The quantitative estimate of drug-likeness (QED) is 0.184. The van der Waals surface area contributed by atoms with E-state index in [2.05, 4.69) is 26.5 Å². The smallest absolute Gasteiger partial charge is 0.343 e. The molecule has 3 rings (SSSR count). The number of carbonyl (C=O) groups is 2. The predicted molar refractivity (Wildman–Crippen MR) is 129 cm³/mol. The van der Waals surface area contributed by atoms with Crippen LogP contribution in [0.15, 0.2) is 76.3 Å². The molecule has 0 fully saturated rings. The molecule has 0 radical (unpaired) electrons. The van der Waals surface area contributed by atoms with E-state index in [1.165, 1.54) is 13.3 Å². The summed E-state index contributed by atoms with van der Waals surface area (Å²) in [6.45, 7) is 2.65. The summed E-state index contributed by atoms with van der Waals surface area (Å²) in [5, 5.41) is 3.99. The third-order valence-electron chi connectivity index (χ3n) is 4.42. The highest BCUT2D eigenvalue weighted by Crippen LogP contribution is 2.28. The molecule has 0 saturated carbocycles. The molecule has 170 valence electrons. The number of rotatable bonds is 9. The first-order valence-corrected chi connectivity index (χ1v) is 11.0. The van der Waals surface area contributed by atoms with Crippen LogP contribution in [-0.4, -0.2) is 31.8 Å². The van der Waals surface area contributed by atoms with Crippen molar-refractivity contribution in [1.82, 2.24) is 5.43 Å². The Bertz CT molecular complexity index is 1150. The molecule has 0 saturated heterocycles. The second kappa shape index (κ2) is 11.8. The summed E-state index contributed by atoms with van der Waals surface area (Å²) in [6, 6.07) is 18.7. The van der Waals surface area contributed by atoms with E-state index in [1.807, 2.05) is 13.0 Å². The monoisotopic (exact) mass is 510 g/mol. The van der Waals surface area contributed by atoms with Gasteiger partial charge in [-0.25, -0.2) is 10.2 Å². The van der Waals surface area contributed by atoms with Crippen molar-refractivity contribution in [3.8, 4) is 17.2 Å². The topological polar surface area (TPSA) is 86.2 Å². The summed E-state index contributed by atoms with van der Waals surface area (Å²) < 4.78 is 17.1. The predicted octanol–water partition coefficient (Wildman–Crippen LogP) is 5.23. The van der Waals surface area contributed by atoms with Gasteiger partial charge in [0.25, 0.3) is 5.91 Å². The molecule has 0 spiro atoms. The van der Waals surface area contributed by atoms with Crippen LogP contribution in [0.2, 0.25) is 0 Å². The zero-order valence-corrected chi connectivity index (χ0v) is 19.8. The number of hydrogen-bond acceptors (Lipinski definition) is 6. The average molecular weight is 511 g/mol. The number of amides is 1. The van der Waals surface area contributed by atoms with E-state index in [0.29, 0.717) is 34.8 Å². The minimum Gasteiger partial charge on any atom is -0.494 e. The molecule has 3 aromatic rings. The van der Waals surface area contributed by atoms with Gasteiger partial charge in [-0.15, -0.1) is 0 Å². The van der Waals surface area contributed by atoms with Gasteiger partial charge in [-0.3, -0.25) is 4.79 Å². The number of hydrazone groups is 1. The van der Waals surface area contributed by atoms with Crippen LogP contribution in [0.1, 0.15) is 39.6 Å². The molecular weight excluding hydrogens is 488 g/mol. The molecule has 33 heavy (non-hydrogen) atoms.